The lowest BCUT2D eigenvalue weighted by molar-refractivity contribution is -0.237. The van der Waals surface area contributed by atoms with Gasteiger partial charge in [0.15, 0.2) is 6.10 Å². The van der Waals surface area contributed by atoms with Gasteiger partial charge in [-0.05, 0) is 6.92 Å². The highest BCUT2D eigenvalue weighted by molar-refractivity contribution is 4.77. The zero-order valence-electron chi connectivity index (χ0n) is 6.11. The fourth-order valence-corrected chi connectivity index (χ4v) is 0.987. The summed E-state index contributed by atoms with van der Waals surface area (Å²) >= 11 is 0. The Bertz CT molecular complexity index is 136. The number of halogens is 3. The fraction of sp³-hybridized carbons (Fsp3) is 1.00. The van der Waals surface area contributed by atoms with E-state index in [1.165, 1.54) is 0 Å². The van der Waals surface area contributed by atoms with Crippen LogP contribution in [0.25, 0.3) is 0 Å². The largest absolute Gasteiger partial charge is 0.415 e. The molecule has 5 heteroatoms. The summed E-state index contributed by atoms with van der Waals surface area (Å²) in [6, 6.07) is 0. The SMILES string of the molecule is CC1CNC[C@@H](C(F)(F)F)O1. The molecule has 0 saturated carbocycles. The van der Waals surface area contributed by atoms with Crippen molar-refractivity contribution in [2.24, 2.45) is 0 Å². The molecule has 2 atom stereocenters. The van der Waals surface area contributed by atoms with E-state index in [-0.39, 0.29) is 12.6 Å². The summed E-state index contributed by atoms with van der Waals surface area (Å²) in [6.07, 6.45) is -6.22. The summed E-state index contributed by atoms with van der Waals surface area (Å²) in [5.41, 5.74) is 0. The van der Waals surface area contributed by atoms with Crippen LogP contribution in [0.15, 0.2) is 0 Å². The Balaban J connectivity index is 2.46. The van der Waals surface area contributed by atoms with Gasteiger partial charge in [-0.25, -0.2) is 0 Å². The average molecular weight is 169 g/mol. The number of rotatable bonds is 0. The third-order valence-corrected chi connectivity index (χ3v) is 1.52. The van der Waals surface area contributed by atoms with Crippen LogP contribution >= 0.6 is 0 Å². The lowest BCUT2D eigenvalue weighted by atomic mass is 10.2. The van der Waals surface area contributed by atoms with Crippen molar-refractivity contribution in [1.82, 2.24) is 5.32 Å². The first-order valence-electron chi connectivity index (χ1n) is 3.43. The second-order valence-electron chi connectivity index (χ2n) is 2.64. The molecule has 66 valence electrons. The van der Waals surface area contributed by atoms with Gasteiger partial charge in [0.05, 0.1) is 6.10 Å². The van der Waals surface area contributed by atoms with Gasteiger partial charge >= 0.3 is 6.18 Å². The molecule has 0 spiro atoms. The number of morpholine rings is 1. The minimum atomic E-state index is -4.23. The molecule has 0 amide bonds. The number of nitrogens with one attached hydrogen (secondary N) is 1. The van der Waals surface area contributed by atoms with Crippen molar-refractivity contribution < 1.29 is 17.9 Å². The van der Waals surface area contributed by atoms with E-state index in [1.807, 2.05) is 0 Å². The van der Waals surface area contributed by atoms with E-state index in [9.17, 15) is 13.2 Å². The minimum absolute atomic E-state index is 0.131. The molecule has 1 rings (SSSR count). The quantitative estimate of drug-likeness (QED) is 0.582. The molecule has 2 nitrogen and oxygen atoms in total. The lowest BCUT2D eigenvalue weighted by Gasteiger charge is -2.29. The summed E-state index contributed by atoms with van der Waals surface area (Å²) in [6.45, 7) is 1.98. The Morgan fingerprint density at radius 2 is 2.00 bits per heavy atom. The van der Waals surface area contributed by atoms with Crippen LogP contribution in [-0.4, -0.2) is 31.5 Å². The number of hydrogen-bond donors (Lipinski definition) is 1. The van der Waals surface area contributed by atoms with Crippen LogP contribution in [-0.2, 0) is 4.74 Å². The highest BCUT2D eigenvalue weighted by Gasteiger charge is 2.42. The Morgan fingerprint density at radius 3 is 2.36 bits per heavy atom. The van der Waals surface area contributed by atoms with Gasteiger partial charge in [0.1, 0.15) is 0 Å². The van der Waals surface area contributed by atoms with Gasteiger partial charge in [-0.2, -0.15) is 13.2 Å². The van der Waals surface area contributed by atoms with E-state index in [0.29, 0.717) is 6.54 Å². The number of alkyl halides is 3. The Kier molecular flexibility index (Phi) is 2.39. The highest BCUT2D eigenvalue weighted by atomic mass is 19.4. The first kappa shape index (κ1) is 8.80. The lowest BCUT2D eigenvalue weighted by Crippen LogP contribution is -2.50. The molecular formula is C6H10F3NO. The summed E-state index contributed by atoms with van der Waals surface area (Å²) in [7, 11) is 0. The van der Waals surface area contributed by atoms with E-state index in [2.05, 4.69) is 10.1 Å². The molecule has 1 aliphatic rings. The molecular weight excluding hydrogens is 159 g/mol. The molecule has 11 heavy (non-hydrogen) atoms. The third kappa shape index (κ3) is 2.34. The van der Waals surface area contributed by atoms with Crippen molar-refractivity contribution in [2.45, 2.75) is 25.3 Å². The van der Waals surface area contributed by atoms with Crippen LogP contribution in [0.5, 0.6) is 0 Å². The summed E-state index contributed by atoms with van der Waals surface area (Å²) in [5, 5.41) is 2.65. The van der Waals surface area contributed by atoms with Gasteiger partial charge in [0, 0.05) is 13.1 Å². The number of hydrogen-bond acceptors (Lipinski definition) is 2. The maximum atomic E-state index is 11.9. The van der Waals surface area contributed by atoms with Crippen molar-refractivity contribution in [2.75, 3.05) is 13.1 Å². The molecule has 0 aromatic heterocycles. The molecule has 0 bridgehead atoms. The van der Waals surface area contributed by atoms with Gasteiger partial charge in [-0.3, -0.25) is 0 Å². The van der Waals surface area contributed by atoms with E-state index in [0.717, 1.165) is 0 Å². The Morgan fingerprint density at radius 1 is 1.36 bits per heavy atom. The fourth-order valence-electron chi connectivity index (χ4n) is 0.987. The Hall–Kier alpha value is -0.290. The molecule has 1 aliphatic heterocycles. The molecule has 1 N–H and O–H groups in total. The molecule has 0 aliphatic carbocycles. The molecule has 1 fully saturated rings. The van der Waals surface area contributed by atoms with E-state index in [4.69, 9.17) is 0 Å². The van der Waals surface area contributed by atoms with Crippen LogP contribution in [0.2, 0.25) is 0 Å². The monoisotopic (exact) mass is 169 g/mol. The predicted octanol–water partition coefficient (Wildman–Crippen LogP) is 0.926. The zero-order chi connectivity index (χ0) is 8.48. The van der Waals surface area contributed by atoms with Crippen LogP contribution < -0.4 is 5.32 Å². The first-order valence-corrected chi connectivity index (χ1v) is 3.43. The molecule has 1 heterocycles. The normalized spacial score (nSPS) is 33.8. The third-order valence-electron chi connectivity index (χ3n) is 1.52. The van der Waals surface area contributed by atoms with Gasteiger partial charge in [0.2, 0.25) is 0 Å². The smallest absolute Gasteiger partial charge is 0.363 e. The maximum Gasteiger partial charge on any atom is 0.415 e. The topological polar surface area (TPSA) is 21.3 Å². The molecule has 1 unspecified atom stereocenters. The molecule has 0 aromatic rings. The van der Waals surface area contributed by atoms with Gasteiger partial charge < -0.3 is 10.1 Å². The van der Waals surface area contributed by atoms with Crippen molar-refractivity contribution in [3.05, 3.63) is 0 Å². The van der Waals surface area contributed by atoms with Crippen LogP contribution in [0, 0.1) is 0 Å². The standard InChI is InChI=1S/C6H10F3NO/c1-4-2-10-3-5(11-4)6(7,8)9/h4-5,10H,2-3H2,1H3/t4?,5-/m0/s1. The second kappa shape index (κ2) is 2.98. The van der Waals surface area contributed by atoms with Crippen LogP contribution in [0.1, 0.15) is 6.92 Å². The van der Waals surface area contributed by atoms with Gasteiger partial charge in [0.25, 0.3) is 0 Å². The van der Waals surface area contributed by atoms with Crippen molar-refractivity contribution in [3.63, 3.8) is 0 Å². The predicted molar refractivity (Wildman–Crippen MR) is 33.3 cm³/mol. The van der Waals surface area contributed by atoms with E-state index >= 15 is 0 Å². The van der Waals surface area contributed by atoms with Crippen molar-refractivity contribution in [1.29, 1.82) is 0 Å². The minimum Gasteiger partial charge on any atom is -0.363 e. The second-order valence-corrected chi connectivity index (χ2v) is 2.64. The van der Waals surface area contributed by atoms with E-state index in [1.54, 1.807) is 6.92 Å². The average Bonchev–Trinajstić information content (AvgIpc) is 1.86. The zero-order valence-corrected chi connectivity index (χ0v) is 6.11. The van der Waals surface area contributed by atoms with Crippen molar-refractivity contribution >= 4 is 0 Å². The maximum absolute atomic E-state index is 11.9. The Labute approximate surface area is 62.7 Å². The summed E-state index contributed by atoms with van der Waals surface area (Å²) in [4.78, 5) is 0. The number of ether oxygens (including phenoxy) is 1. The van der Waals surface area contributed by atoms with Crippen LogP contribution in [0.4, 0.5) is 13.2 Å². The molecule has 0 aromatic carbocycles. The van der Waals surface area contributed by atoms with Gasteiger partial charge in [-0.15, -0.1) is 0 Å². The van der Waals surface area contributed by atoms with Gasteiger partial charge in [-0.1, -0.05) is 0 Å². The van der Waals surface area contributed by atoms with E-state index < -0.39 is 12.3 Å². The van der Waals surface area contributed by atoms with Crippen LogP contribution in [0.3, 0.4) is 0 Å². The first-order chi connectivity index (χ1) is 5.00. The van der Waals surface area contributed by atoms with Crippen molar-refractivity contribution in [3.8, 4) is 0 Å². The summed E-state index contributed by atoms with van der Waals surface area (Å²) in [5.74, 6) is 0. The molecule has 1 saturated heterocycles. The summed E-state index contributed by atoms with van der Waals surface area (Å²) < 4.78 is 40.5. The highest BCUT2D eigenvalue weighted by Crippen LogP contribution is 2.24. The molecule has 0 radical (unpaired) electrons.